The molecule has 1 rings (SSSR count). The van der Waals surface area contributed by atoms with Gasteiger partial charge in [-0.15, -0.1) is 0 Å². The summed E-state index contributed by atoms with van der Waals surface area (Å²) in [6, 6.07) is 0. The van der Waals surface area contributed by atoms with Gasteiger partial charge in [-0.05, 0) is 14.0 Å². The van der Waals surface area contributed by atoms with E-state index in [1.54, 1.807) is 6.92 Å². The van der Waals surface area contributed by atoms with E-state index < -0.39 is 11.5 Å². The smallest absolute Gasteiger partial charge is 0.172 e. The van der Waals surface area contributed by atoms with Crippen molar-refractivity contribution in [3.63, 3.8) is 0 Å². The van der Waals surface area contributed by atoms with Gasteiger partial charge >= 0.3 is 0 Å². The zero-order valence-corrected chi connectivity index (χ0v) is 6.00. The minimum Gasteiger partial charge on any atom is -0.785 e. The topological polar surface area (TPSA) is 63.6 Å². The fraction of sp³-hybridized carbons (Fsp3) is 0.833. The number of ketones is 1. The minimum absolute atomic E-state index is 0.0903. The van der Waals surface area contributed by atoms with Crippen molar-refractivity contribution >= 4 is 5.78 Å². The third-order valence-corrected chi connectivity index (χ3v) is 1.88. The van der Waals surface area contributed by atoms with Gasteiger partial charge in [-0.3, -0.25) is 4.79 Å². The summed E-state index contributed by atoms with van der Waals surface area (Å²) in [5.74, 6) is -0.227. The fourth-order valence-corrected chi connectivity index (χ4v) is 1.05. The molecule has 0 aliphatic heterocycles. The molecule has 0 amide bonds. The normalized spacial score (nSPS) is 38.9. The lowest BCUT2D eigenvalue weighted by molar-refractivity contribution is -0.114. The molecule has 0 aromatic rings. The van der Waals surface area contributed by atoms with Gasteiger partial charge in [0.2, 0.25) is 0 Å². The highest BCUT2D eigenvalue weighted by Crippen LogP contribution is 2.40. The van der Waals surface area contributed by atoms with Gasteiger partial charge < -0.3 is 15.4 Å². The van der Waals surface area contributed by atoms with E-state index in [1.165, 1.54) is 7.05 Å². The summed E-state index contributed by atoms with van der Waals surface area (Å²) in [7, 11) is 1.34. The molecule has 0 saturated heterocycles. The molecule has 0 bridgehead atoms. The van der Waals surface area contributed by atoms with Gasteiger partial charge in [-0.1, -0.05) is 0 Å². The van der Waals surface area contributed by atoms with Crippen LogP contribution >= 0.6 is 0 Å². The van der Waals surface area contributed by atoms with Crippen LogP contribution in [0.4, 0.5) is 0 Å². The third-order valence-electron chi connectivity index (χ3n) is 1.88. The minimum atomic E-state index is -0.913. The molecule has 1 saturated carbocycles. The van der Waals surface area contributed by atoms with Crippen molar-refractivity contribution in [2.45, 2.75) is 13.0 Å². The Morgan fingerprint density at radius 1 is 1.90 bits per heavy atom. The van der Waals surface area contributed by atoms with Gasteiger partial charge in [-0.25, -0.2) is 0 Å². The average Bonchev–Trinajstić information content (AvgIpc) is 2.18. The number of Topliss-reactive ketones (excluding diaryl/α,β-unsaturated/α-hetero) is 1. The first-order valence-electron chi connectivity index (χ1n) is 3.09. The fourth-order valence-electron chi connectivity index (χ4n) is 1.05. The molecule has 4 nitrogen and oxygen atoms in total. The molecule has 4 heteroatoms. The van der Waals surface area contributed by atoms with E-state index in [4.69, 9.17) is 5.11 Å². The lowest BCUT2D eigenvalue weighted by Gasteiger charge is -2.24. The summed E-state index contributed by atoms with van der Waals surface area (Å²) < 4.78 is 0. The summed E-state index contributed by atoms with van der Waals surface area (Å²) in [5, 5.41) is 20.0. The Kier molecular flexibility index (Phi) is 1.54. The number of hydrogen-bond acceptors (Lipinski definition) is 4. The van der Waals surface area contributed by atoms with Crippen molar-refractivity contribution in [1.82, 2.24) is 5.06 Å². The summed E-state index contributed by atoms with van der Waals surface area (Å²) in [6.45, 7) is 1.68. The summed E-state index contributed by atoms with van der Waals surface area (Å²) in [6.07, 6.45) is -0.913. The van der Waals surface area contributed by atoms with Gasteiger partial charge in [0.1, 0.15) is 6.10 Å². The van der Waals surface area contributed by atoms with Gasteiger partial charge in [0.15, 0.2) is 5.78 Å². The Bertz CT molecular complexity index is 168. The Labute approximate surface area is 59.0 Å². The quantitative estimate of drug-likeness (QED) is 0.524. The van der Waals surface area contributed by atoms with Crippen molar-refractivity contribution in [1.29, 1.82) is 0 Å². The molecule has 0 spiro atoms. The molecule has 0 heterocycles. The van der Waals surface area contributed by atoms with Crippen LogP contribution in [0.2, 0.25) is 0 Å². The number of hydrogen-bond donors (Lipinski definition) is 1. The highest BCUT2D eigenvalue weighted by Gasteiger charge is 2.60. The Balaban J connectivity index is 2.50. The maximum atomic E-state index is 10.7. The highest BCUT2D eigenvalue weighted by molar-refractivity contribution is 6.06. The molecule has 2 atom stereocenters. The van der Waals surface area contributed by atoms with E-state index in [0.717, 1.165) is 0 Å². The van der Waals surface area contributed by atoms with Crippen LogP contribution < -0.4 is 0 Å². The van der Waals surface area contributed by atoms with E-state index in [0.29, 0.717) is 5.06 Å². The second-order valence-corrected chi connectivity index (χ2v) is 2.97. The Morgan fingerprint density at radius 2 is 2.30 bits per heavy atom. The molecule has 0 aromatic heterocycles. The van der Waals surface area contributed by atoms with Crippen molar-refractivity contribution < 1.29 is 9.90 Å². The maximum absolute atomic E-state index is 10.7. The molecule has 2 unspecified atom stereocenters. The van der Waals surface area contributed by atoms with Crippen LogP contribution in [0.5, 0.6) is 0 Å². The summed E-state index contributed by atoms with van der Waals surface area (Å²) >= 11 is 0. The Morgan fingerprint density at radius 3 is 2.40 bits per heavy atom. The van der Waals surface area contributed by atoms with Gasteiger partial charge in [0, 0.05) is 6.54 Å². The molecular weight excluding hydrogens is 134 g/mol. The van der Waals surface area contributed by atoms with Crippen LogP contribution in [0.1, 0.15) is 6.92 Å². The molecular formula is C6H10NO3-. The highest BCUT2D eigenvalue weighted by atomic mass is 16.5. The molecule has 1 N–H and O–H groups in total. The lowest BCUT2D eigenvalue weighted by atomic mass is 10.1. The SMILES string of the molecule is CN([O-])CC1(C)C(=O)C1O. The van der Waals surface area contributed by atoms with E-state index in [2.05, 4.69) is 0 Å². The van der Waals surface area contributed by atoms with Crippen molar-refractivity contribution in [3.05, 3.63) is 5.21 Å². The van der Waals surface area contributed by atoms with E-state index in [9.17, 15) is 10.0 Å². The van der Waals surface area contributed by atoms with Crippen LogP contribution in [0.15, 0.2) is 0 Å². The van der Waals surface area contributed by atoms with E-state index >= 15 is 0 Å². The largest absolute Gasteiger partial charge is 0.785 e. The van der Waals surface area contributed by atoms with Crippen molar-refractivity contribution in [2.24, 2.45) is 5.41 Å². The van der Waals surface area contributed by atoms with E-state index in [-0.39, 0.29) is 12.3 Å². The van der Waals surface area contributed by atoms with Crippen molar-refractivity contribution in [2.75, 3.05) is 13.6 Å². The predicted molar refractivity (Wildman–Crippen MR) is 35.1 cm³/mol. The van der Waals surface area contributed by atoms with Crippen molar-refractivity contribution in [3.8, 4) is 0 Å². The number of carbonyl (C=O) groups excluding carboxylic acids is 1. The summed E-state index contributed by atoms with van der Waals surface area (Å²) in [5.41, 5.74) is -0.781. The van der Waals surface area contributed by atoms with Crippen LogP contribution in [-0.4, -0.2) is 35.6 Å². The Hall–Kier alpha value is -0.450. The first-order valence-corrected chi connectivity index (χ1v) is 3.09. The first kappa shape index (κ1) is 7.65. The molecule has 1 aliphatic carbocycles. The zero-order valence-electron chi connectivity index (χ0n) is 6.00. The van der Waals surface area contributed by atoms with Gasteiger partial charge in [0.25, 0.3) is 0 Å². The third kappa shape index (κ3) is 0.941. The standard InChI is InChI=1S/C6H10NO3/c1-6(3-7(2)10)4(8)5(6)9/h4,8H,3H2,1-2H3/q-1. The number of aliphatic hydroxyl groups is 1. The second kappa shape index (κ2) is 2.02. The molecule has 1 aliphatic rings. The number of nitrogens with zero attached hydrogens (tertiary/aromatic N) is 1. The van der Waals surface area contributed by atoms with Gasteiger partial charge in [0.05, 0.1) is 5.41 Å². The maximum Gasteiger partial charge on any atom is 0.172 e. The number of aliphatic hydroxyl groups excluding tert-OH is 1. The average molecular weight is 144 g/mol. The van der Waals surface area contributed by atoms with Crippen LogP contribution in [-0.2, 0) is 4.79 Å². The van der Waals surface area contributed by atoms with Gasteiger partial charge in [-0.2, -0.15) is 0 Å². The molecule has 1 fully saturated rings. The van der Waals surface area contributed by atoms with E-state index in [1.807, 2.05) is 0 Å². The van der Waals surface area contributed by atoms with Crippen LogP contribution in [0.3, 0.4) is 0 Å². The zero-order chi connectivity index (χ0) is 7.94. The molecule has 0 radical (unpaired) electrons. The number of carbonyl (C=O) groups is 1. The number of rotatable bonds is 2. The second-order valence-electron chi connectivity index (χ2n) is 2.97. The first-order chi connectivity index (χ1) is 4.48. The molecule has 10 heavy (non-hydrogen) atoms. The lowest BCUT2D eigenvalue weighted by Crippen LogP contribution is -2.22. The number of hydroxylamine groups is 2. The monoisotopic (exact) mass is 144 g/mol. The molecule has 58 valence electrons. The molecule has 0 aromatic carbocycles. The van der Waals surface area contributed by atoms with Crippen LogP contribution in [0, 0.1) is 10.6 Å². The predicted octanol–water partition coefficient (Wildman–Crippen LogP) is -0.634. The van der Waals surface area contributed by atoms with Crippen LogP contribution in [0.25, 0.3) is 0 Å². The summed E-state index contributed by atoms with van der Waals surface area (Å²) in [4.78, 5) is 10.7.